The standard InChI is InChI=1S/C17H10BrClO2/c18-14-9-11-3-1-2-4-13(11)16(20)15(17(14)21)10-5-7-12(19)8-6-10/h1-9,21H. The maximum Gasteiger partial charge on any atom is 0.197 e. The highest BCUT2D eigenvalue weighted by Gasteiger charge is 2.13. The fourth-order valence-corrected chi connectivity index (χ4v) is 2.85. The van der Waals surface area contributed by atoms with E-state index in [1.807, 2.05) is 12.1 Å². The molecule has 0 heterocycles. The highest BCUT2D eigenvalue weighted by Crippen LogP contribution is 2.34. The summed E-state index contributed by atoms with van der Waals surface area (Å²) in [5.41, 5.74) is 0.680. The van der Waals surface area contributed by atoms with Crippen LogP contribution in [0.4, 0.5) is 0 Å². The molecule has 0 radical (unpaired) electrons. The predicted octanol–water partition coefficient (Wildman–Crippen LogP) is 4.99. The van der Waals surface area contributed by atoms with Crippen LogP contribution in [0.25, 0.3) is 21.9 Å². The van der Waals surface area contributed by atoms with Crippen LogP contribution in [-0.4, -0.2) is 5.11 Å². The third-order valence-corrected chi connectivity index (χ3v) is 4.17. The van der Waals surface area contributed by atoms with Gasteiger partial charge in [-0.05, 0) is 45.1 Å². The normalized spacial score (nSPS) is 10.8. The van der Waals surface area contributed by atoms with Crippen LogP contribution in [-0.2, 0) is 0 Å². The van der Waals surface area contributed by atoms with Gasteiger partial charge in [0.2, 0.25) is 0 Å². The van der Waals surface area contributed by atoms with Crippen LogP contribution in [0, 0.1) is 0 Å². The summed E-state index contributed by atoms with van der Waals surface area (Å²) in [6.07, 6.45) is 0. The van der Waals surface area contributed by atoms with Gasteiger partial charge >= 0.3 is 0 Å². The van der Waals surface area contributed by atoms with Crippen molar-refractivity contribution in [1.82, 2.24) is 0 Å². The first kappa shape index (κ1) is 14.1. The van der Waals surface area contributed by atoms with Crippen LogP contribution < -0.4 is 5.43 Å². The fraction of sp³-hybridized carbons (Fsp3) is 0. The Hall–Kier alpha value is -1.84. The molecule has 3 aromatic carbocycles. The van der Waals surface area contributed by atoms with E-state index in [1.165, 1.54) is 0 Å². The molecular formula is C17H10BrClO2. The van der Waals surface area contributed by atoms with E-state index < -0.39 is 0 Å². The Labute approximate surface area is 134 Å². The summed E-state index contributed by atoms with van der Waals surface area (Å²) in [7, 11) is 0. The lowest BCUT2D eigenvalue weighted by Crippen LogP contribution is -2.02. The second-order valence-corrected chi connectivity index (χ2v) is 5.93. The van der Waals surface area contributed by atoms with Crippen molar-refractivity contribution in [3.63, 3.8) is 0 Å². The average molecular weight is 362 g/mol. The Morgan fingerprint density at radius 3 is 2.38 bits per heavy atom. The van der Waals surface area contributed by atoms with Crippen molar-refractivity contribution in [2.24, 2.45) is 0 Å². The van der Waals surface area contributed by atoms with Gasteiger partial charge in [-0.2, -0.15) is 0 Å². The van der Waals surface area contributed by atoms with Gasteiger partial charge in [0.25, 0.3) is 0 Å². The molecule has 0 saturated heterocycles. The van der Waals surface area contributed by atoms with Crippen LogP contribution in [0.3, 0.4) is 0 Å². The van der Waals surface area contributed by atoms with Gasteiger partial charge in [-0.15, -0.1) is 0 Å². The summed E-state index contributed by atoms with van der Waals surface area (Å²) in [4.78, 5) is 12.8. The van der Waals surface area contributed by atoms with Crippen molar-refractivity contribution in [2.45, 2.75) is 0 Å². The third-order valence-electron chi connectivity index (χ3n) is 3.31. The minimum atomic E-state index is -0.212. The third kappa shape index (κ3) is 2.55. The van der Waals surface area contributed by atoms with Crippen molar-refractivity contribution in [3.05, 3.63) is 74.3 Å². The molecule has 3 rings (SSSR count). The fourth-order valence-electron chi connectivity index (χ4n) is 2.28. The van der Waals surface area contributed by atoms with Crippen LogP contribution in [0.5, 0.6) is 5.75 Å². The van der Waals surface area contributed by atoms with Gasteiger partial charge in [0.1, 0.15) is 5.75 Å². The SMILES string of the molecule is O=c1c(-c2ccc(Cl)cc2)c(O)c(Br)cc2ccccc12. The maximum atomic E-state index is 12.8. The van der Waals surface area contributed by atoms with Crippen LogP contribution >= 0.6 is 27.5 Å². The molecule has 0 aromatic heterocycles. The summed E-state index contributed by atoms with van der Waals surface area (Å²) < 4.78 is 0.478. The average Bonchev–Trinajstić information content (AvgIpc) is 2.57. The first-order chi connectivity index (χ1) is 10.1. The molecule has 1 N–H and O–H groups in total. The van der Waals surface area contributed by atoms with E-state index in [0.29, 0.717) is 20.4 Å². The van der Waals surface area contributed by atoms with Crippen LogP contribution in [0.1, 0.15) is 0 Å². The molecule has 0 unspecified atom stereocenters. The Kier molecular flexibility index (Phi) is 3.70. The van der Waals surface area contributed by atoms with Gasteiger partial charge in [0.05, 0.1) is 10.0 Å². The number of hydrogen-bond acceptors (Lipinski definition) is 2. The minimum absolute atomic E-state index is 0.0708. The van der Waals surface area contributed by atoms with Crippen LogP contribution in [0.15, 0.2) is 63.9 Å². The quantitative estimate of drug-likeness (QED) is 0.663. The molecule has 2 nitrogen and oxygen atoms in total. The zero-order valence-electron chi connectivity index (χ0n) is 10.8. The topological polar surface area (TPSA) is 37.3 Å². The molecule has 0 spiro atoms. The van der Waals surface area contributed by atoms with E-state index in [9.17, 15) is 9.90 Å². The molecule has 21 heavy (non-hydrogen) atoms. The lowest BCUT2D eigenvalue weighted by molar-refractivity contribution is 0.474. The number of halogens is 2. The highest BCUT2D eigenvalue weighted by molar-refractivity contribution is 9.10. The van der Waals surface area contributed by atoms with E-state index in [1.54, 1.807) is 42.5 Å². The van der Waals surface area contributed by atoms with Gasteiger partial charge in [0, 0.05) is 10.4 Å². The smallest absolute Gasteiger partial charge is 0.197 e. The second-order valence-electron chi connectivity index (χ2n) is 4.64. The largest absolute Gasteiger partial charge is 0.506 e. The molecule has 104 valence electrons. The number of benzene rings is 2. The molecular weight excluding hydrogens is 352 g/mol. The van der Waals surface area contributed by atoms with Crippen LogP contribution in [0.2, 0.25) is 5.02 Å². The van der Waals surface area contributed by atoms with Gasteiger partial charge in [-0.3, -0.25) is 4.79 Å². The zero-order chi connectivity index (χ0) is 15.0. The second kappa shape index (κ2) is 5.51. The predicted molar refractivity (Wildman–Crippen MR) is 90.0 cm³/mol. The van der Waals surface area contributed by atoms with E-state index in [0.717, 1.165) is 5.39 Å². The van der Waals surface area contributed by atoms with E-state index in [-0.39, 0.29) is 16.7 Å². The van der Waals surface area contributed by atoms with Crippen molar-refractivity contribution < 1.29 is 5.11 Å². The number of aromatic hydroxyl groups is 1. The van der Waals surface area contributed by atoms with Gasteiger partial charge in [0.15, 0.2) is 5.43 Å². The first-order valence-electron chi connectivity index (χ1n) is 6.28. The lowest BCUT2D eigenvalue weighted by atomic mass is 10.0. The Bertz CT molecular complexity index is 889. The molecule has 0 amide bonds. The Morgan fingerprint density at radius 1 is 1.00 bits per heavy atom. The summed E-state index contributed by atoms with van der Waals surface area (Å²) in [5, 5.41) is 12.3. The molecule has 0 aliphatic heterocycles. The summed E-state index contributed by atoms with van der Waals surface area (Å²) in [5.74, 6) is -0.0708. The monoisotopic (exact) mass is 360 g/mol. The van der Waals surface area contributed by atoms with Crippen molar-refractivity contribution in [1.29, 1.82) is 0 Å². The van der Waals surface area contributed by atoms with Gasteiger partial charge in [-0.1, -0.05) is 48.0 Å². The van der Waals surface area contributed by atoms with Crippen molar-refractivity contribution in [3.8, 4) is 16.9 Å². The van der Waals surface area contributed by atoms with Gasteiger partial charge in [-0.25, -0.2) is 0 Å². The molecule has 0 aliphatic carbocycles. The van der Waals surface area contributed by atoms with E-state index in [2.05, 4.69) is 15.9 Å². The Balaban J connectivity index is 2.48. The molecule has 0 fully saturated rings. The number of fused-ring (bicyclic) bond motifs is 1. The minimum Gasteiger partial charge on any atom is -0.506 e. The summed E-state index contributed by atoms with van der Waals surface area (Å²) in [6.45, 7) is 0. The molecule has 0 aliphatic rings. The molecule has 0 bridgehead atoms. The van der Waals surface area contributed by atoms with Crippen molar-refractivity contribution in [2.75, 3.05) is 0 Å². The maximum absolute atomic E-state index is 12.8. The lowest BCUT2D eigenvalue weighted by Gasteiger charge is -2.02. The van der Waals surface area contributed by atoms with Gasteiger partial charge < -0.3 is 5.11 Å². The first-order valence-corrected chi connectivity index (χ1v) is 7.45. The van der Waals surface area contributed by atoms with Crippen molar-refractivity contribution >= 4 is 38.3 Å². The van der Waals surface area contributed by atoms with E-state index in [4.69, 9.17) is 11.6 Å². The summed E-state index contributed by atoms with van der Waals surface area (Å²) in [6, 6.07) is 15.8. The molecule has 4 heteroatoms. The number of hydrogen-bond donors (Lipinski definition) is 1. The molecule has 3 aromatic rings. The number of rotatable bonds is 1. The molecule has 0 saturated carbocycles. The summed E-state index contributed by atoms with van der Waals surface area (Å²) >= 11 is 9.21. The molecule has 0 atom stereocenters. The zero-order valence-corrected chi connectivity index (χ0v) is 13.1. The Morgan fingerprint density at radius 2 is 1.67 bits per heavy atom. The van der Waals surface area contributed by atoms with E-state index >= 15 is 0 Å². The highest BCUT2D eigenvalue weighted by atomic mass is 79.9.